The quantitative estimate of drug-likeness (QED) is 0.843. The van der Waals surface area contributed by atoms with Gasteiger partial charge in [-0.1, -0.05) is 36.4 Å². The fraction of sp³-hybridized carbons (Fsp3) is 0.235. The number of halogens is 3. The van der Waals surface area contributed by atoms with Gasteiger partial charge in [0, 0.05) is 12.0 Å². The van der Waals surface area contributed by atoms with Crippen molar-refractivity contribution in [2.75, 3.05) is 13.2 Å². The van der Waals surface area contributed by atoms with Gasteiger partial charge in [-0.3, -0.25) is 0 Å². The zero-order valence-electron chi connectivity index (χ0n) is 12.0. The lowest BCUT2D eigenvalue weighted by molar-refractivity contribution is -0.274. The molecule has 0 aliphatic carbocycles. The molecule has 23 heavy (non-hydrogen) atoms. The van der Waals surface area contributed by atoms with Gasteiger partial charge in [0.15, 0.2) is 6.29 Å². The van der Waals surface area contributed by atoms with Crippen LogP contribution in [0, 0.1) is 6.42 Å². The highest BCUT2D eigenvalue weighted by Gasteiger charge is 2.30. The van der Waals surface area contributed by atoms with Crippen molar-refractivity contribution in [3.05, 3.63) is 71.6 Å². The number of ether oxygens (including phenoxy) is 3. The monoisotopic (exact) mass is 323 g/mol. The number of hydrogen-bond donors (Lipinski definition) is 0. The lowest BCUT2D eigenvalue weighted by Crippen LogP contribution is -2.16. The van der Waals surface area contributed by atoms with Gasteiger partial charge in [0.05, 0.1) is 13.2 Å². The molecular weight excluding hydrogens is 309 g/mol. The van der Waals surface area contributed by atoms with Crippen LogP contribution in [0.15, 0.2) is 48.5 Å². The molecule has 1 radical (unpaired) electrons. The summed E-state index contributed by atoms with van der Waals surface area (Å²) in [4.78, 5) is 0. The van der Waals surface area contributed by atoms with Crippen LogP contribution in [0.2, 0.25) is 0 Å². The van der Waals surface area contributed by atoms with Crippen LogP contribution in [0.5, 0.6) is 5.75 Å². The number of benzene rings is 2. The first-order chi connectivity index (χ1) is 11.0. The van der Waals surface area contributed by atoms with Gasteiger partial charge >= 0.3 is 6.36 Å². The van der Waals surface area contributed by atoms with Crippen molar-refractivity contribution < 1.29 is 27.4 Å². The first-order valence-corrected chi connectivity index (χ1v) is 7.03. The summed E-state index contributed by atoms with van der Waals surface area (Å²) in [6.45, 7) is 1.18. The normalized spacial score (nSPS) is 15.8. The molecule has 1 saturated heterocycles. The van der Waals surface area contributed by atoms with Gasteiger partial charge in [-0.05, 0) is 23.3 Å². The summed E-state index contributed by atoms with van der Waals surface area (Å²) < 4.78 is 51.0. The molecule has 1 aliphatic rings. The van der Waals surface area contributed by atoms with Gasteiger partial charge < -0.3 is 14.2 Å². The Balaban J connectivity index is 1.62. The third kappa shape index (κ3) is 4.46. The zero-order chi connectivity index (χ0) is 16.3. The highest BCUT2D eigenvalue weighted by atomic mass is 19.4. The topological polar surface area (TPSA) is 27.7 Å². The molecule has 121 valence electrons. The molecule has 2 aromatic carbocycles. The summed E-state index contributed by atoms with van der Waals surface area (Å²) in [5.74, 6) is -0.236. The maximum atomic E-state index is 12.1. The van der Waals surface area contributed by atoms with Gasteiger partial charge in [0.25, 0.3) is 0 Å². The Morgan fingerprint density at radius 3 is 1.91 bits per heavy atom. The largest absolute Gasteiger partial charge is 0.573 e. The maximum absolute atomic E-state index is 12.1. The molecule has 0 N–H and O–H groups in total. The van der Waals surface area contributed by atoms with Crippen LogP contribution in [-0.2, 0) is 9.47 Å². The van der Waals surface area contributed by atoms with Gasteiger partial charge in [0.1, 0.15) is 5.75 Å². The molecule has 0 bridgehead atoms. The van der Waals surface area contributed by atoms with E-state index in [9.17, 15) is 13.2 Å². The minimum Gasteiger partial charge on any atom is -0.406 e. The number of hydrogen-bond acceptors (Lipinski definition) is 3. The third-order valence-corrected chi connectivity index (χ3v) is 3.28. The van der Waals surface area contributed by atoms with E-state index in [0.717, 1.165) is 16.7 Å². The third-order valence-electron chi connectivity index (χ3n) is 3.28. The Bertz CT molecular complexity index is 630. The average molecular weight is 323 g/mol. The maximum Gasteiger partial charge on any atom is 0.573 e. The summed E-state index contributed by atoms with van der Waals surface area (Å²) in [5, 5.41) is 0. The van der Waals surface area contributed by atoms with Crippen LogP contribution in [0.3, 0.4) is 0 Å². The molecule has 3 rings (SSSR count). The van der Waals surface area contributed by atoms with Crippen molar-refractivity contribution in [1.82, 2.24) is 0 Å². The molecule has 0 unspecified atom stereocenters. The van der Waals surface area contributed by atoms with Crippen molar-refractivity contribution in [3.8, 4) is 5.75 Å². The second-order valence-electron chi connectivity index (χ2n) is 5.00. The molecule has 0 atom stereocenters. The fourth-order valence-corrected chi connectivity index (χ4v) is 2.26. The van der Waals surface area contributed by atoms with E-state index in [4.69, 9.17) is 9.47 Å². The average Bonchev–Trinajstić information content (AvgIpc) is 3.03. The van der Waals surface area contributed by atoms with Crippen molar-refractivity contribution in [3.63, 3.8) is 0 Å². The van der Waals surface area contributed by atoms with Gasteiger partial charge in [-0.25, -0.2) is 0 Å². The zero-order valence-corrected chi connectivity index (χ0v) is 12.0. The van der Waals surface area contributed by atoms with Crippen molar-refractivity contribution in [2.45, 2.75) is 12.7 Å². The molecule has 0 spiro atoms. The van der Waals surface area contributed by atoms with Gasteiger partial charge in [-0.15, -0.1) is 13.2 Å². The Hall–Kier alpha value is -2.05. The molecule has 1 fully saturated rings. The van der Waals surface area contributed by atoms with E-state index in [0.29, 0.717) is 13.2 Å². The minimum absolute atomic E-state index is 0.236. The molecule has 3 nitrogen and oxygen atoms in total. The van der Waals surface area contributed by atoms with Crippen molar-refractivity contribution >= 4 is 0 Å². The van der Waals surface area contributed by atoms with E-state index in [1.165, 1.54) is 12.1 Å². The second-order valence-corrected chi connectivity index (χ2v) is 5.00. The molecule has 0 aromatic heterocycles. The van der Waals surface area contributed by atoms with Gasteiger partial charge in [0.2, 0.25) is 0 Å². The molecule has 1 aliphatic heterocycles. The van der Waals surface area contributed by atoms with Crippen LogP contribution < -0.4 is 4.74 Å². The molecule has 1 heterocycles. The molecular formula is C17H14F3O3. The van der Waals surface area contributed by atoms with Crippen LogP contribution in [-0.4, -0.2) is 19.6 Å². The van der Waals surface area contributed by atoms with E-state index >= 15 is 0 Å². The summed E-state index contributed by atoms with van der Waals surface area (Å²) in [5.41, 5.74) is 2.64. The molecule has 0 saturated carbocycles. The van der Waals surface area contributed by atoms with Gasteiger partial charge in [-0.2, -0.15) is 0 Å². The number of alkyl halides is 3. The Morgan fingerprint density at radius 2 is 1.39 bits per heavy atom. The first kappa shape index (κ1) is 15.8. The summed E-state index contributed by atoms with van der Waals surface area (Å²) in [6.07, 6.45) is -3.13. The lowest BCUT2D eigenvalue weighted by Gasteiger charge is -2.11. The van der Waals surface area contributed by atoms with E-state index in [2.05, 4.69) is 4.74 Å². The fourth-order valence-electron chi connectivity index (χ4n) is 2.26. The Kier molecular flexibility index (Phi) is 4.54. The molecule has 2 aromatic rings. The van der Waals surface area contributed by atoms with E-state index < -0.39 is 6.36 Å². The number of rotatable bonds is 4. The summed E-state index contributed by atoms with van der Waals surface area (Å²) in [6, 6.07) is 13.3. The molecule has 0 amide bonds. The van der Waals surface area contributed by atoms with Crippen LogP contribution in [0.25, 0.3) is 0 Å². The Labute approximate surface area is 131 Å². The Morgan fingerprint density at radius 1 is 0.870 bits per heavy atom. The van der Waals surface area contributed by atoms with E-state index in [1.807, 2.05) is 30.7 Å². The summed E-state index contributed by atoms with van der Waals surface area (Å²) in [7, 11) is 0. The highest BCUT2D eigenvalue weighted by Crippen LogP contribution is 2.26. The SMILES string of the molecule is FC(F)(F)Oc1ccc([CH]c2ccc(C3OCCO3)cc2)cc1. The van der Waals surface area contributed by atoms with Crippen LogP contribution in [0.4, 0.5) is 13.2 Å². The lowest BCUT2D eigenvalue weighted by atomic mass is 10.0. The predicted molar refractivity (Wildman–Crippen MR) is 76.7 cm³/mol. The highest BCUT2D eigenvalue weighted by molar-refractivity contribution is 5.40. The minimum atomic E-state index is -4.68. The van der Waals surface area contributed by atoms with Crippen LogP contribution in [0.1, 0.15) is 23.0 Å². The standard InChI is InChI=1S/C17H14F3O3/c18-17(19,20)23-15-7-3-13(4-8-15)11-12-1-5-14(6-2-12)16-21-9-10-22-16/h1-8,11,16H,9-10H2. The predicted octanol–water partition coefficient (Wildman–Crippen LogP) is 4.23. The van der Waals surface area contributed by atoms with Crippen molar-refractivity contribution in [1.29, 1.82) is 0 Å². The summed E-state index contributed by atoms with van der Waals surface area (Å²) >= 11 is 0. The molecule has 6 heteroatoms. The first-order valence-electron chi connectivity index (χ1n) is 7.03. The second kappa shape index (κ2) is 6.60. The van der Waals surface area contributed by atoms with Crippen molar-refractivity contribution in [2.24, 2.45) is 0 Å². The smallest absolute Gasteiger partial charge is 0.406 e. The van der Waals surface area contributed by atoms with E-state index in [-0.39, 0.29) is 12.0 Å². The van der Waals surface area contributed by atoms with E-state index in [1.54, 1.807) is 12.1 Å². The van der Waals surface area contributed by atoms with Crippen LogP contribution >= 0.6 is 0 Å².